The summed E-state index contributed by atoms with van der Waals surface area (Å²) >= 11 is 5.58. The second-order valence-electron chi connectivity index (χ2n) is 8.47. The number of benzene rings is 3. The topological polar surface area (TPSA) is 62.3 Å². The lowest BCUT2D eigenvalue weighted by Gasteiger charge is -2.30. The van der Waals surface area contributed by atoms with E-state index in [0.29, 0.717) is 22.7 Å². The molecule has 0 radical (unpaired) electrons. The van der Waals surface area contributed by atoms with Gasteiger partial charge in [-0.1, -0.05) is 72.8 Å². The van der Waals surface area contributed by atoms with Gasteiger partial charge in [-0.2, -0.15) is 9.97 Å². The maximum absolute atomic E-state index is 6.07. The quantitative estimate of drug-likeness (QED) is 0.334. The zero-order valence-electron chi connectivity index (χ0n) is 19.5. The molecule has 0 unspecified atom stereocenters. The van der Waals surface area contributed by atoms with Crippen molar-refractivity contribution in [2.24, 2.45) is 0 Å². The fourth-order valence-electron chi connectivity index (χ4n) is 4.14. The van der Waals surface area contributed by atoms with Gasteiger partial charge in [-0.15, -0.1) is 0 Å². The third kappa shape index (κ3) is 5.75. The number of nitrogens with one attached hydrogen (secondary N) is 2. The molecule has 0 spiro atoms. The van der Waals surface area contributed by atoms with Crippen molar-refractivity contribution < 1.29 is 4.74 Å². The molecule has 176 valence electrons. The van der Waals surface area contributed by atoms with Crippen molar-refractivity contribution in [1.82, 2.24) is 15.3 Å². The van der Waals surface area contributed by atoms with E-state index in [9.17, 15) is 0 Å². The van der Waals surface area contributed by atoms with E-state index in [2.05, 4.69) is 63.8 Å². The Kier molecular flexibility index (Phi) is 6.86. The number of aromatic nitrogens is 2. The molecule has 0 fully saturated rings. The highest BCUT2D eigenvalue weighted by atomic mass is 32.1. The number of ether oxygens (including phenoxy) is 1. The molecule has 2 heterocycles. The average molecular weight is 482 g/mol. The zero-order valence-corrected chi connectivity index (χ0v) is 20.3. The van der Waals surface area contributed by atoms with Crippen LogP contribution in [-0.2, 0) is 13.0 Å². The van der Waals surface area contributed by atoms with E-state index in [0.717, 1.165) is 30.9 Å². The van der Waals surface area contributed by atoms with Crippen LogP contribution < -0.4 is 20.3 Å². The van der Waals surface area contributed by atoms with Crippen molar-refractivity contribution in [2.75, 3.05) is 16.8 Å². The minimum absolute atomic E-state index is 0.0398. The van der Waals surface area contributed by atoms with Crippen molar-refractivity contribution >= 4 is 29.1 Å². The van der Waals surface area contributed by atoms with E-state index in [1.165, 1.54) is 11.1 Å². The van der Waals surface area contributed by atoms with Crippen molar-refractivity contribution in [2.45, 2.75) is 25.9 Å². The molecule has 1 aliphatic heterocycles. The van der Waals surface area contributed by atoms with Gasteiger partial charge >= 0.3 is 0 Å². The van der Waals surface area contributed by atoms with Crippen molar-refractivity contribution in [3.05, 3.63) is 108 Å². The molecule has 0 saturated carbocycles. The van der Waals surface area contributed by atoms with E-state index >= 15 is 0 Å². The van der Waals surface area contributed by atoms with Crippen LogP contribution in [0, 0.1) is 0 Å². The van der Waals surface area contributed by atoms with Crippen LogP contribution in [0.15, 0.2) is 91.0 Å². The summed E-state index contributed by atoms with van der Waals surface area (Å²) in [6.07, 6.45) is 0.965. The van der Waals surface area contributed by atoms with Crippen LogP contribution >= 0.6 is 12.2 Å². The van der Waals surface area contributed by atoms with Gasteiger partial charge in [0.15, 0.2) is 5.11 Å². The summed E-state index contributed by atoms with van der Waals surface area (Å²) in [5, 5.41) is 6.92. The molecular weight excluding hydrogens is 454 g/mol. The van der Waals surface area contributed by atoms with Crippen molar-refractivity contribution in [3.63, 3.8) is 0 Å². The maximum atomic E-state index is 6.07. The Bertz CT molecular complexity index is 1300. The lowest BCUT2D eigenvalue weighted by molar-refractivity contribution is 0.462. The normalized spacial score (nSPS) is 13.5. The lowest BCUT2D eigenvalue weighted by Crippen LogP contribution is -2.33. The first-order chi connectivity index (χ1) is 17.1. The predicted molar refractivity (Wildman–Crippen MR) is 144 cm³/mol. The summed E-state index contributed by atoms with van der Waals surface area (Å²) in [6.45, 7) is 3.72. The Balaban J connectivity index is 1.38. The van der Waals surface area contributed by atoms with Gasteiger partial charge in [0, 0.05) is 19.2 Å². The van der Waals surface area contributed by atoms with Gasteiger partial charge in [-0.3, -0.25) is 0 Å². The van der Waals surface area contributed by atoms with Crippen LogP contribution in [-0.4, -0.2) is 21.6 Å². The fourth-order valence-corrected chi connectivity index (χ4v) is 4.41. The molecule has 3 aromatic carbocycles. The van der Waals surface area contributed by atoms with Crippen LogP contribution in [0.5, 0.6) is 11.6 Å². The fraction of sp³-hybridized carbons (Fsp3) is 0.179. The summed E-state index contributed by atoms with van der Waals surface area (Å²) in [7, 11) is 0. The van der Waals surface area contributed by atoms with Crippen molar-refractivity contribution in [3.8, 4) is 11.6 Å². The number of rotatable bonds is 6. The highest BCUT2D eigenvalue weighted by Crippen LogP contribution is 2.28. The minimum Gasteiger partial charge on any atom is -0.439 e. The number of thiocarbonyl (C=S) groups is 1. The van der Waals surface area contributed by atoms with Crippen molar-refractivity contribution in [1.29, 1.82) is 0 Å². The molecule has 6 nitrogen and oxygen atoms in total. The summed E-state index contributed by atoms with van der Waals surface area (Å²) in [5.74, 6) is 2.36. The maximum Gasteiger partial charge on any atom is 0.234 e. The first-order valence-electron chi connectivity index (χ1n) is 11.7. The first-order valence-corrected chi connectivity index (χ1v) is 12.1. The van der Waals surface area contributed by atoms with Gasteiger partial charge in [-0.05, 0) is 54.4 Å². The number of para-hydroxylation sites is 1. The van der Waals surface area contributed by atoms with Crippen LogP contribution in [0.2, 0.25) is 0 Å². The summed E-state index contributed by atoms with van der Waals surface area (Å²) in [6, 6.07) is 30.3. The molecule has 1 aromatic heterocycles. The number of fused-ring (bicyclic) bond motifs is 1. The van der Waals surface area contributed by atoms with Gasteiger partial charge in [0.05, 0.1) is 6.04 Å². The molecule has 1 aliphatic rings. The Labute approximate surface area is 211 Å². The Morgan fingerprint density at radius 1 is 0.914 bits per heavy atom. The molecule has 0 saturated heterocycles. The molecule has 4 aromatic rings. The lowest BCUT2D eigenvalue weighted by atomic mass is 10.00. The molecule has 5 rings (SSSR count). The average Bonchev–Trinajstić information content (AvgIpc) is 2.89. The number of nitrogens with zero attached hydrogens (tertiary/aromatic N) is 3. The largest absolute Gasteiger partial charge is 0.439 e. The number of hydrogen-bond donors (Lipinski definition) is 2. The summed E-state index contributed by atoms with van der Waals surface area (Å²) in [4.78, 5) is 11.6. The van der Waals surface area contributed by atoms with E-state index in [4.69, 9.17) is 21.9 Å². The van der Waals surface area contributed by atoms with Crippen LogP contribution in [0.3, 0.4) is 0 Å². The zero-order chi connectivity index (χ0) is 24.0. The number of anilines is 2. The van der Waals surface area contributed by atoms with E-state index in [-0.39, 0.29) is 6.04 Å². The van der Waals surface area contributed by atoms with E-state index in [1.807, 2.05) is 54.6 Å². The van der Waals surface area contributed by atoms with Crippen LogP contribution in [0.25, 0.3) is 0 Å². The van der Waals surface area contributed by atoms with Crippen LogP contribution in [0.1, 0.15) is 29.7 Å². The monoisotopic (exact) mass is 481 g/mol. The Hall–Kier alpha value is -3.97. The van der Waals surface area contributed by atoms with Gasteiger partial charge in [-0.25, -0.2) is 0 Å². The number of hydrogen-bond acceptors (Lipinski definition) is 5. The molecule has 0 bridgehead atoms. The molecule has 2 N–H and O–H groups in total. The van der Waals surface area contributed by atoms with Gasteiger partial charge < -0.3 is 20.3 Å². The first kappa shape index (κ1) is 22.8. The van der Waals surface area contributed by atoms with Crippen LogP contribution in [0.4, 0.5) is 11.8 Å². The Morgan fingerprint density at radius 3 is 2.37 bits per heavy atom. The minimum atomic E-state index is 0.0398. The third-order valence-corrected chi connectivity index (χ3v) is 6.20. The summed E-state index contributed by atoms with van der Waals surface area (Å²) in [5.41, 5.74) is 3.84. The molecule has 35 heavy (non-hydrogen) atoms. The SMILES string of the molecule is C[C@@H](NC(=S)Nc1nc(Oc2ccccc2)cc(N2CCc3ccccc3C2)n1)c1ccccc1. The molecule has 0 aliphatic carbocycles. The second kappa shape index (κ2) is 10.5. The highest BCUT2D eigenvalue weighted by Gasteiger charge is 2.20. The summed E-state index contributed by atoms with van der Waals surface area (Å²) < 4.78 is 6.07. The predicted octanol–water partition coefficient (Wildman–Crippen LogP) is 5.88. The van der Waals surface area contributed by atoms with Gasteiger partial charge in [0.1, 0.15) is 11.6 Å². The van der Waals surface area contributed by atoms with Gasteiger partial charge in [0.25, 0.3) is 0 Å². The Morgan fingerprint density at radius 2 is 1.60 bits per heavy atom. The standard InChI is InChI=1S/C28H27N5OS/c1-20(21-10-4-2-5-11-21)29-28(35)32-27-30-25(18-26(31-27)34-24-14-6-3-7-15-24)33-17-16-22-12-8-9-13-23(22)19-33/h2-15,18,20H,16-17,19H2,1H3,(H2,29,30,31,32,35)/t20-/m1/s1. The molecule has 0 amide bonds. The van der Waals surface area contributed by atoms with E-state index in [1.54, 1.807) is 0 Å². The molecular formula is C28H27N5OS. The molecule has 1 atom stereocenters. The smallest absolute Gasteiger partial charge is 0.234 e. The van der Waals surface area contributed by atoms with Gasteiger partial charge in [0.2, 0.25) is 11.8 Å². The van der Waals surface area contributed by atoms with E-state index < -0.39 is 0 Å². The molecule has 7 heteroatoms. The second-order valence-corrected chi connectivity index (χ2v) is 8.88. The highest BCUT2D eigenvalue weighted by molar-refractivity contribution is 7.80. The third-order valence-electron chi connectivity index (χ3n) is 5.98.